The average molecular weight is 242 g/mol. The maximum Gasteiger partial charge on any atom is 1.00 e. The standard InChI is InChI=1S/C4H10O6S2.Na.H/c1-4(2-11(5,6)7)3-12(8,9)10;;/h4H,2-3H2,1H3,(H,5,6,7)(H,8,9,10);;/q;+1;-1. The Morgan fingerprint density at radius 2 is 1.31 bits per heavy atom. The van der Waals surface area contributed by atoms with E-state index in [1.807, 2.05) is 0 Å². The molecular formula is C4H11NaO6S2. The van der Waals surface area contributed by atoms with Crippen molar-refractivity contribution in [2.24, 2.45) is 5.92 Å². The zero-order chi connectivity index (χ0) is 9.99. The van der Waals surface area contributed by atoms with Gasteiger partial charge in [-0.2, -0.15) is 16.8 Å². The van der Waals surface area contributed by atoms with Crippen molar-refractivity contribution in [3.8, 4) is 0 Å². The predicted octanol–water partition coefficient (Wildman–Crippen LogP) is -3.49. The van der Waals surface area contributed by atoms with E-state index in [0.29, 0.717) is 0 Å². The van der Waals surface area contributed by atoms with Crippen LogP contribution in [0.15, 0.2) is 0 Å². The van der Waals surface area contributed by atoms with Crippen LogP contribution < -0.4 is 29.6 Å². The molecule has 0 atom stereocenters. The summed E-state index contributed by atoms with van der Waals surface area (Å²) in [5.41, 5.74) is 0. The first-order chi connectivity index (χ1) is 5.10. The Labute approximate surface area is 101 Å². The van der Waals surface area contributed by atoms with Gasteiger partial charge >= 0.3 is 29.6 Å². The fourth-order valence-electron chi connectivity index (χ4n) is 0.767. The van der Waals surface area contributed by atoms with Crippen molar-refractivity contribution in [1.29, 1.82) is 0 Å². The molecule has 0 saturated carbocycles. The van der Waals surface area contributed by atoms with Gasteiger partial charge in [-0.3, -0.25) is 9.11 Å². The molecule has 0 heterocycles. The largest absolute Gasteiger partial charge is 1.00 e. The van der Waals surface area contributed by atoms with Crippen molar-refractivity contribution in [1.82, 2.24) is 0 Å². The van der Waals surface area contributed by atoms with Gasteiger partial charge in [-0.1, -0.05) is 6.92 Å². The third-order valence-corrected chi connectivity index (χ3v) is 2.97. The molecule has 0 aliphatic carbocycles. The van der Waals surface area contributed by atoms with Crippen molar-refractivity contribution in [3.05, 3.63) is 0 Å². The summed E-state index contributed by atoms with van der Waals surface area (Å²) in [4.78, 5) is 0. The topological polar surface area (TPSA) is 109 Å². The van der Waals surface area contributed by atoms with Crippen molar-refractivity contribution >= 4 is 20.2 Å². The first kappa shape index (κ1) is 16.3. The third-order valence-electron chi connectivity index (χ3n) is 0.990. The summed E-state index contributed by atoms with van der Waals surface area (Å²) in [6, 6.07) is 0. The van der Waals surface area contributed by atoms with Gasteiger partial charge < -0.3 is 1.43 Å². The van der Waals surface area contributed by atoms with Gasteiger partial charge in [-0.15, -0.1) is 0 Å². The van der Waals surface area contributed by atoms with Crippen LogP contribution in [-0.4, -0.2) is 37.4 Å². The fourth-order valence-corrected chi connectivity index (χ4v) is 2.59. The van der Waals surface area contributed by atoms with Crippen molar-refractivity contribution in [3.63, 3.8) is 0 Å². The molecule has 0 fully saturated rings. The van der Waals surface area contributed by atoms with Crippen LogP contribution >= 0.6 is 0 Å². The van der Waals surface area contributed by atoms with Crippen LogP contribution in [0.4, 0.5) is 0 Å². The molecule has 76 valence electrons. The zero-order valence-corrected chi connectivity index (χ0v) is 11.0. The van der Waals surface area contributed by atoms with Crippen LogP contribution in [-0.2, 0) is 20.2 Å². The third kappa shape index (κ3) is 12.8. The molecule has 0 rings (SSSR count). The molecule has 6 nitrogen and oxygen atoms in total. The van der Waals surface area contributed by atoms with E-state index in [9.17, 15) is 16.8 Å². The van der Waals surface area contributed by atoms with Gasteiger partial charge in [0.1, 0.15) is 0 Å². The predicted molar refractivity (Wildman–Crippen MR) is 43.1 cm³/mol. The van der Waals surface area contributed by atoms with E-state index in [1.165, 1.54) is 6.92 Å². The smallest absolute Gasteiger partial charge is 1.00 e. The molecule has 0 aromatic rings. The Hall–Kier alpha value is 0.820. The summed E-state index contributed by atoms with van der Waals surface area (Å²) < 4.78 is 57.4. The van der Waals surface area contributed by atoms with Gasteiger partial charge in [-0.25, -0.2) is 0 Å². The average Bonchev–Trinajstić information content (AvgIpc) is 1.49. The summed E-state index contributed by atoms with van der Waals surface area (Å²) in [7, 11) is -8.34. The normalized spacial score (nSPS) is 12.6. The van der Waals surface area contributed by atoms with Crippen LogP contribution in [0.1, 0.15) is 8.35 Å². The van der Waals surface area contributed by atoms with E-state index >= 15 is 0 Å². The minimum atomic E-state index is -4.17. The van der Waals surface area contributed by atoms with Gasteiger partial charge in [-0.05, 0) is 5.92 Å². The summed E-state index contributed by atoms with van der Waals surface area (Å²) in [6.07, 6.45) is 0. The summed E-state index contributed by atoms with van der Waals surface area (Å²) in [6.45, 7) is 1.29. The monoisotopic (exact) mass is 242 g/mol. The second kappa shape index (κ2) is 5.64. The molecule has 0 radical (unpaired) electrons. The fraction of sp³-hybridized carbons (Fsp3) is 1.00. The van der Waals surface area contributed by atoms with E-state index in [-0.39, 0.29) is 31.0 Å². The van der Waals surface area contributed by atoms with E-state index in [0.717, 1.165) is 0 Å². The number of hydrogen-bond donors (Lipinski definition) is 2. The van der Waals surface area contributed by atoms with Gasteiger partial charge in [0.15, 0.2) is 0 Å². The first-order valence-electron chi connectivity index (χ1n) is 3.00. The van der Waals surface area contributed by atoms with Crippen molar-refractivity contribution < 1.29 is 56.9 Å². The van der Waals surface area contributed by atoms with Crippen LogP contribution in [0, 0.1) is 5.92 Å². The number of hydrogen-bond acceptors (Lipinski definition) is 4. The minimum Gasteiger partial charge on any atom is -1.00 e. The maximum atomic E-state index is 10.2. The van der Waals surface area contributed by atoms with E-state index < -0.39 is 37.7 Å². The number of rotatable bonds is 4. The molecule has 0 saturated heterocycles. The van der Waals surface area contributed by atoms with Crippen LogP contribution in [0.2, 0.25) is 0 Å². The Bertz CT molecular complexity index is 301. The molecule has 2 N–H and O–H groups in total. The molecule has 0 amide bonds. The van der Waals surface area contributed by atoms with Crippen molar-refractivity contribution in [2.75, 3.05) is 11.5 Å². The van der Waals surface area contributed by atoms with E-state index in [1.54, 1.807) is 0 Å². The second-order valence-electron chi connectivity index (χ2n) is 2.60. The molecule has 0 aromatic carbocycles. The Morgan fingerprint density at radius 1 is 1.08 bits per heavy atom. The Balaban J connectivity index is -0.000000605. The summed E-state index contributed by atoms with van der Waals surface area (Å²) >= 11 is 0. The summed E-state index contributed by atoms with van der Waals surface area (Å²) in [5, 5.41) is 0. The molecule has 0 bridgehead atoms. The molecule has 9 heteroatoms. The quantitative estimate of drug-likeness (QED) is 0.391. The maximum absolute atomic E-state index is 10.2. The Kier molecular flexibility index (Phi) is 7.05. The molecule has 0 aromatic heterocycles. The van der Waals surface area contributed by atoms with E-state index in [4.69, 9.17) is 9.11 Å². The van der Waals surface area contributed by atoms with Crippen LogP contribution in [0.25, 0.3) is 0 Å². The van der Waals surface area contributed by atoms with Gasteiger partial charge in [0.05, 0.1) is 11.5 Å². The molecule has 0 aliphatic rings. The second-order valence-corrected chi connectivity index (χ2v) is 5.60. The first-order valence-corrected chi connectivity index (χ1v) is 6.22. The minimum absolute atomic E-state index is 0. The van der Waals surface area contributed by atoms with Crippen LogP contribution in [0.3, 0.4) is 0 Å². The Morgan fingerprint density at radius 3 is 1.46 bits per heavy atom. The molecule has 0 spiro atoms. The van der Waals surface area contributed by atoms with Crippen molar-refractivity contribution in [2.45, 2.75) is 6.92 Å². The van der Waals surface area contributed by atoms with Crippen LogP contribution in [0.5, 0.6) is 0 Å². The molecular weight excluding hydrogens is 231 g/mol. The van der Waals surface area contributed by atoms with Gasteiger partial charge in [0, 0.05) is 0 Å². The SMILES string of the molecule is CC(CS(=O)(=O)O)CS(=O)(=O)O.[H-].[Na+]. The molecule has 0 aliphatic heterocycles. The molecule has 0 unspecified atom stereocenters. The zero-order valence-electron chi connectivity index (χ0n) is 8.34. The molecule has 13 heavy (non-hydrogen) atoms. The summed E-state index contributed by atoms with van der Waals surface area (Å²) in [5.74, 6) is -2.17. The van der Waals surface area contributed by atoms with E-state index in [2.05, 4.69) is 0 Å². The van der Waals surface area contributed by atoms with Gasteiger partial charge in [0.25, 0.3) is 20.2 Å². The van der Waals surface area contributed by atoms with Gasteiger partial charge in [0.2, 0.25) is 0 Å².